The van der Waals surface area contributed by atoms with E-state index in [4.69, 9.17) is 11.6 Å². The third-order valence-corrected chi connectivity index (χ3v) is 3.35. The smallest absolute Gasteiger partial charge is 0.358 e. The molecule has 0 aliphatic rings. The van der Waals surface area contributed by atoms with Crippen molar-refractivity contribution in [3.05, 3.63) is 39.4 Å². The van der Waals surface area contributed by atoms with Gasteiger partial charge in [-0.2, -0.15) is 0 Å². The molecule has 0 amide bonds. The number of ether oxygens (including phenoxy) is 1. The summed E-state index contributed by atoms with van der Waals surface area (Å²) in [5.74, 6) is 0.0891. The first-order valence-corrected chi connectivity index (χ1v) is 6.27. The molecule has 1 N–H and O–H groups in total. The lowest BCUT2D eigenvalue weighted by atomic mass is 10.4. The highest BCUT2D eigenvalue weighted by atomic mass is 35.5. The highest BCUT2D eigenvalue weighted by molar-refractivity contribution is 7.16. The Bertz CT molecular complexity index is 541. The summed E-state index contributed by atoms with van der Waals surface area (Å²) in [6.07, 6.45) is 2.86. The van der Waals surface area contributed by atoms with Crippen LogP contribution < -0.4 is 5.32 Å². The highest BCUT2D eigenvalue weighted by Gasteiger charge is 2.07. The number of nitrogens with one attached hydrogen (secondary N) is 1. The van der Waals surface area contributed by atoms with Crippen molar-refractivity contribution in [2.45, 2.75) is 6.54 Å². The van der Waals surface area contributed by atoms with Crippen molar-refractivity contribution < 1.29 is 9.53 Å². The molecule has 0 fully saturated rings. The quantitative estimate of drug-likeness (QED) is 0.874. The summed E-state index contributed by atoms with van der Waals surface area (Å²) in [5.41, 5.74) is 0.183. The molecule has 7 heteroatoms. The van der Waals surface area contributed by atoms with Crippen LogP contribution in [-0.4, -0.2) is 23.0 Å². The number of aromatic nitrogens is 2. The first-order valence-electron chi connectivity index (χ1n) is 5.07. The molecule has 2 aromatic rings. The van der Waals surface area contributed by atoms with Crippen molar-refractivity contribution in [2.75, 3.05) is 12.4 Å². The van der Waals surface area contributed by atoms with E-state index in [0.29, 0.717) is 12.4 Å². The summed E-state index contributed by atoms with van der Waals surface area (Å²) in [6.45, 7) is 0.615. The van der Waals surface area contributed by atoms with Crippen LogP contribution in [0.3, 0.4) is 0 Å². The van der Waals surface area contributed by atoms with Crippen molar-refractivity contribution in [2.24, 2.45) is 0 Å². The van der Waals surface area contributed by atoms with Crippen LogP contribution in [0.1, 0.15) is 15.4 Å². The number of carbonyl (C=O) groups is 1. The largest absolute Gasteiger partial charge is 0.464 e. The van der Waals surface area contributed by atoms with E-state index >= 15 is 0 Å². The molecular formula is C11H10ClN3O2S. The Morgan fingerprint density at radius 1 is 1.44 bits per heavy atom. The zero-order valence-corrected chi connectivity index (χ0v) is 11.1. The Labute approximate surface area is 113 Å². The SMILES string of the molecule is COC(=O)c1cnc(NCc2ccc(Cl)s2)cn1. The highest BCUT2D eigenvalue weighted by Crippen LogP contribution is 2.21. The number of hydrogen-bond donors (Lipinski definition) is 1. The van der Waals surface area contributed by atoms with Gasteiger partial charge in [0.2, 0.25) is 0 Å². The lowest BCUT2D eigenvalue weighted by Gasteiger charge is -2.03. The molecule has 2 heterocycles. The number of methoxy groups -OCH3 is 1. The predicted molar refractivity (Wildman–Crippen MR) is 70.0 cm³/mol. The van der Waals surface area contributed by atoms with Gasteiger partial charge in [-0.1, -0.05) is 11.6 Å². The minimum Gasteiger partial charge on any atom is -0.464 e. The fraction of sp³-hybridized carbons (Fsp3) is 0.182. The van der Waals surface area contributed by atoms with Crippen molar-refractivity contribution in [1.29, 1.82) is 0 Å². The Kier molecular flexibility index (Phi) is 4.11. The fourth-order valence-corrected chi connectivity index (χ4v) is 2.28. The number of anilines is 1. The molecule has 0 aromatic carbocycles. The Morgan fingerprint density at radius 2 is 2.28 bits per heavy atom. The number of hydrogen-bond acceptors (Lipinski definition) is 6. The van der Waals surface area contributed by atoms with Crippen molar-refractivity contribution in [1.82, 2.24) is 9.97 Å². The van der Waals surface area contributed by atoms with E-state index in [9.17, 15) is 4.79 Å². The molecule has 0 atom stereocenters. The molecule has 2 rings (SSSR count). The average Bonchev–Trinajstić information content (AvgIpc) is 2.82. The van der Waals surface area contributed by atoms with E-state index < -0.39 is 5.97 Å². The monoisotopic (exact) mass is 283 g/mol. The molecular weight excluding hydrogens is 274 g/mol. The Balaban J connectivity index is 1.96. The molecule has 0 aliphatic heterocycles. The number of thiophene rings is 1. The standard InChI is InChI=1S/C11H10ClN3O2S/c1-17-11(16)8-5-15-10(6-13-8)14-4-7-2-3-9(12)18-7/h2-3,5-6H,4H2,1H3,(H,14,15). The van der Waals surface area contributed by atoms with Gasteiger partial charge in [-0.15, -0.1) is 11.3 Å². The van der Waals surface area contributed by atoms with Crippen molar-refractivity contribution in [3.63, 3.8) is 0 Å². The van der Waals surface area contributed by atoms with Gasteiger partial charge in [0.15, 0.2) is 5.69 Å². The Hall–Kier alpha value is -1.66. The number of carbonyl (C=O) groups excluding carboxylic acids is 1. The van der Waals surface area contributed by atoms with Crippen LogP contribution in [0.25, 0.3) is 0 Å². The molecule has 5 nitrogen and oxygen atoms in total. The second-order valence-electron chi connectivity index (χ2n) is 3.34. The van der Waals surface area contributed by atoms with Gasteiger partial charge in [0.05, 0.1) is 30.4 Å². The maximum atomic E-state index is 11.1. The number of esters is 1. The molecule has 2 aromatic heterocycles. The third kappa shape index (κ3) is 3.18. The van der Waals surface area contributed by atoms with Gasteiger partial charge in [-0.05, 0) is 12.1 Å². The zero-order valence-electron chi connectivity index (χ0n) is 9.51. The van der Waals surface area contributed by atoms with E-state index in [1.165, 1.54) is 30.8 Å². The molecule has 0 unspecified atom stereocenters. The first kappa shape index (κ1) is 12.8. The van der Waals surface area contributed by atoms with Crippen molar-refractivity contribution >= 4 is 34.7 Å². The summed E-state index contributed by atoms with van der Waals surface area (Å²) in [6, 6.07) is 3.78. The van der Waals surface area contributed by atoms with E-state index in [1.54, 1.807) is 0 Å². The number of halogens is 1. The van der Waals surface area contributed by atoms with E-state index in [1.807, 2.05) is 12.1 Å². The summed E-state index contributed by atoms with van der Waals surface area (Å²) >= 11 is 7.32. The van der Waals surface area contributed by atoms with Crippen LogP contribution in [0.4, 0.5) is 5.82 Å². The summed E-state index contributed by atoms with van der Waals surface area (Å²) in [7, 11) is 1.30. The van der Waals surface area contributed by atoms with Crippen LogP contribution in [0.15, 0.2) is 24.5 Å². The molecule has 94 valence electrons. The third-order valence-electron chi connectivity index (χ3n) is 2.12. The summed E-state index contributed by atoms with van der Waals surface area (Å²) < 4.78 is 5.28. The lowest BCUT2D eigenvalue weighted by Crippen LogP contribution is -2.06. The van der Waals surface area contributed by atoms with Gasteiger partial charge < -0.3 is 10.1 Å². The molecule has 0 bridgehead atoms. The minimum absolute atomic E-state index is 0.183. The van der Waals surface area contributed by atoms with Crippen LogP contribution in [0.5, 0.6) is 0 Å². The van der Waals surface area contributed by atoms with Crippen LogP contribution in [0, 0.1) is 0 Å². The van der Waals surface area contributed by atoms with E-state index in [2.05, 4.69) is 20.0 Å². The molecule has 0 saturated heterocycles. The van der Waals surface area contributed by atoms with Gasteiger partial charge in [-0.25, -0.2) is 14.8 Å². The van der Waals surface area contributed by atoms with Crippen LogP contribution >= 0.6 is 22.9 Å². The van der Waals surface area contributed by atoms with Gasteiger partial charge in [0.1, 0.15) is 5.82 Å². The topological polar surface area (TPSA) is 64.1 Å². The van der Waals surface area contributed by atoms with Gasteiger partial charge in [0, 0.05) is 4.88 Å². The van der Waals surface area contributed by atoms with Crippen molar-refractivity contribution in [3.8, 4) is 0 Å². The average molecular weight is 284 g/mol. The molecule has 0 aliphatic carbocycles. The molecule has 0 saturated carbocycles. The van der Waals surface area contributed by atoms with E-state index in [-0.39, 0.29) is 5.69 Å². The van der Waals surface area contributed by atoms with Gasteiger partial charge in [-0.3, -0.25) is 0 Å². The molecule has 18 heavy (non-hydrogen) atoms. The maximum Gasteiger partial charge on any atom is 0.358 e. The zero-order chi connectivity index (χ0) is 13.0. The predicted octanol–water partition coefficient (Wildman–Crippen LogP) is 2.59. The van der Waals surface area contributed by atoms with Crippen LogP contribution in [0.2, 0.25) is 4.34 Å². The normalized spacial score (nSPS) is 10.1. The van der Waals surface area contributed by atoms with Gasteiger partial charge in [0.25, 0.3) is 0 Å². The number of nitrogens with zero attached hydrogens (tertiary/aromatic N) is 2. The second-order valence-corrected chi connectivity index (χ2v) is 5.14. The second kappa shape index (κ2) is 5.79. The Morgan fingerprint density at radius 3 is 2.83 bits per heavy atom. The minimum atomic E-state index is -0.501. The van der Waals surface area contributed by atoms with Crippen LogP contribution in [-0.2, 0) is 11.3 Å². The fourth-order valence-electron chi connectivity index (χ4n) is 1.25. The molecule has 0 spiro atoms. The van der Waals surface area contributed by atoms with Gasteiger partial charge >= 0.3 is 5.97 Å². The number of rotatable bonds is 4. The lowest BCUT2D eigenvalue weighted by molar-refractivity contribution is 0.0593. The maximum absolute atomic E-state index is 11.1. The summed E-state index contributed by atoms with van der Waals surface area (Å²) in [4.78, 5) is 20.3. The first-order chi connectivity index (χ1) is 8.69. The summed E-state index contributed by atoms with van der Waals surface area (Å²) in [5, 5.41) is 3.08. The molecule has 0 radical (unpaired) electrons. The van der Waals surface area contributed by atoms with E-state index in [0.717, 1.165) is 9.21 Å².